The Morgan fingerprint density at radius 1 is 1.24 bits per heavy atom. The molecule has 2 heteroatoms. The van der Waals surface area contributed by atoms with Gasteiger partial charge in [0.05, 0.1) is 19.0 Å². The van der Waals surface area contributed by atoms with Crippen LogP contribution in [-0.2, 0) is 4.74 Å². The zero-order chi connectivity index (χ0) is 12.5. The minimum Gasteiger partial charge on any atom is -0.498 e. The summed E-state index contributed by atoms with van der Waals surface area (Å²) in [6.45, 7) is 6.91. The van der Waals surface area contributed by atoms with Gasteiger partial charge in [-0.1, -0.05) is 31.5 Å². The summed E-state index contributed by atoms with van der Waals surface area (Å²) in [6.07, 6.45) is 6.22. The molecule has 0 saturated carbocycles. The molecule has 17 heavy (non-hydrogen) atoms. The Morgan fingerprint density at radius 2 is 2.00 bits per heavy atom. The van der Waals surface area contributed by atoms with Crippen molar-refractivity contribution < 1.29 is 9.47 Å². The van der Waals surface area contributed by atoms with Crippen molar-refractivity contribution in [3.05, 3.63) is 36.1 Å². The number of rotatable bonds is 7. The lowest BCUT2D eigenvalue weighted by Crippen LogP contribution is -2.02. The Labute approximate surface area is 104 Å². The summed E-state index contributed by atoms with van der Waals surface area (Å²) in [4.78, 5) is 0. The lowest BCUT2D eigenvalue weighted by atomic mass is 10.2. The quantitative estimate of drug-likeness (QED) is 0.656. The van der Waals surface area contributed by atoms with Crippen LogP contribution in [0.4, 0.5) is 0 Å². The molecule has 0 N–H and O–H groups in total. The minimum absolute atomic E-state index is 0.274. The molecule has 1 atom stereocenters. The van der Waals surface area contributed by atoms with Crippen molar-refractivity contribution in [1.29, 1.82) is 0 Å². The van der Waals surface area contributed by atoms with Crippen LogP contribution in [0.1, 0.15) is 39.2 Å². The highest BCUT2D eigenvalue weighted by atomic mass is 16.5. The highest BCUT2D eigenvalue weighted by Gasteiger charge is 1.99. The van der Waals surface area contributed by atoms with Crippen LogP contribution in [0.2, 0.25) is 0 Å². The molecule has 0 amide bonds. The topological polar surface area (TPSA) is 18.5 Å². The number of benzene rings is 1. The molecule has 1 rings (SSSR count). The van der Waals surface area contributed by atoms with Gasteiger partial charge in [0.15, 0.2) is 0 Å². The maximum Gasteiger partial charge on any atom is 0.126 e. The number of hydrogen-bond donors (Lipinski definition) is 0. The van der Waals surface area contributed by atoms with Gasteiger partial charge < -0.3 is 9.47 Å². The van der Waals surface area contributed by atoms with Crippen molar-refractivity contribution in [3.63, 3.8) is 0 Å². The van der Waals surface area contributed by atoms with Gasteiger partial charge in [-0.25, -0.2) is 0 Å². The molecule has 1 unspecified atom stereocenters. The van der Waals surface area contributed by atoms with Crippen molar-refractivity contribution in [2.75, 3.05) is 6.61 Å². The molecule has 0 aliphatic rings. The van der Waals surface area contributed by atoms with E-state index in [1.807, 2.05) is 37.3 Å². The molecule has 0 bridgehead atoms. The van der Waals surface area contributed by atoms with E-state index in [1.165, 1.54) is 0 Å². The van der Waals surface area contributed by atoms with E-state index in [-0.39, 0.29) is 6.10 Å². The van der Waals surface area contributed by atoms with E-state index in [1.54, 1.807) is 6.26 Å². The van der Waals surface area contributed by atoms with Gasteiger partial charge in [0.1, 0.15) is 5.75 Å². The molecule has 94 valence electrons. The highest BCUT2D eigenvalue weighted by molar-refractivity contribution is 5.56. The van der Waals surface area contributed by atoms with Crippen molar-refractivity contribution in [3.8, 4) is 5.75 Å². The van der Waals surface area contributed by atoms with E-state index in [0.29, 0.717) is 6.61 Å². The summed E-state index contributed by atoms with van der Waals surface area (Å²) in [5.41, 5.74) is 1.05. The van der Waals surface area contributed by atoms with Gasteiger partial charge in [-0.2, -0.15) is 0 Å². The first-order chi connectivity index (χ1) is 8.27. The standard InChI is InChI=1S/C15H22O2/c1-4-8-13(3)17-12-11-14-9-6-7-10-15(14)16-5-2/h6-7,9-13H,4-5,8H2,1-3H3. The molecule has 1 aromatic rings. The maximum absolute atomic E-state index is 5.58. The van der Waals surface area contributed by atoms with Gasteiger partial charge in [0, 0.05) is 5.56 Å². The van der Waals surface area contributed by atoms with E-state index in [2.05, 4.69) is 13.8 Å². The minimum atomic E-state index is 0.274. The smallest absolute Gasteiger partial charge is 0.126 e. The molecule has 0 aromatic heterocycles. The molecule has 0 aliphatic carbocycles. The van der Waals surface area contributed by atoms with Crippen LogP contribution in [-0.4, -0.2) is 12.7 Å². The third-order valence-corrected chi connectivity index (χ3v) is 2.47. The molecule has 0 saturated heterocycles. The second-order valence-electron chi connectivity index (χ2n) is 4.01. The Morgan fingerprint density at radius 3 is 2.71 bits per heavy atom. The second kappa shape index (κ2) is 7.77. The summed E-state index contributed by atoms with van der Waals surface area (Å²) < 4.78 is 11.1. The van der Waals surface area contributed by atoms with Gasteiger partial charge in [-0.3, -0.25) is 0 Å². The monoisotopic (exact) mass is 234 g/mol. The molecule has 2 nitrogen and oxygen atoms in total. The van der Waals surface area contributed by atoms with Crippen molar-refractivity contribution in [2.24, 2.45) is 0 Å². The maximum atomic E-state index is 5.58. The third kappa shape index (κ3) is 4.94. The Hall–Kier alpha value is -1.44. The first kappa shape index (κ1) is 13.6. The Kier molecular flexibility index (Phi) is 6.23. The van der Waals surface area contributed by atoms with Crippen LogP contribution in [0.5, 0.6) is 5.75 Å². The number of para-hydroxylation sites is 1. The summed E-state index contributed by atoms with van der Waals surface area (Å²) in [5.74, 6) is 0.901. The van der Waals surface area contributed by atoms with Crippen LogP contribution in [0.3, 0.4) is 0 Å². The zero-order valence-electron chi connectivity index (χ0n) is 11.0. The predicted octanol–water partition coefficient (Wildman–Crippen LogP) is 4.26. The average molecular weight is 234 g/mol. The molecule has 0 fully saturated rings. The fourth-order valence-electron chi connectivity index (χ4n) is 1.63. The normalized spacial score (nSPS) is 12.6. The van der Waals surface area contributed by atoms with Crippen LogP contribution in [0.15, 0.2) is 30.5 Å². The molecule has 0 aliphatic heterocycles. The number of ether oxygens (including phenoxy) is 2. The van der Waals surface area contributed by atoms with Crippen LogP contribution in [0, 0.1) is 0 Å². The molecular weight excluding hydrogens is 212 g/mol. The second-order valence-corrected chi connectivity index (χ2v) is 4.01. The summed E-state index contributed by atoms with van der Waals surface area (Å²) in [7, 11) is 0. The Balaban J connectivity index is 2.57. The summed E-state index contributed by atoms with van der Waals surface area (Å²) in [5, 5.41) is 0. The fraction of sp³-hybridized carbons (Fsp3) is 0.467. The predicted molar refractivity (Wildman–Crippen MR) is 72.1 cm³/mol. The fourth-order valence-corrected chi connectivity index (χ4v) is 1.63. The Bertz CT molecular complexity index is 345. The molecule has 0 spiro atoms. The zero-order valence-corrected chi connectivity index (χ0v) is 11.0. The number of hydrogen-bond acceptors (Lipinski definition) is 2. The van der Waals surface area contributed by atoms with Gasteiger partial charge in [-0.15, -0.1) is 0 Å². The van der Waals surface area contributed by atoms with E-state index in [4.69, 9.17) is 9.47 Å². The van der Waals surface area contributed by atoms with Crippen molar-refractivity contribution in [1.82, 2.24) is 0 Å². The first-order valence-corrected chi connectivity index (χ1v) is 6.31. The van der Waals surface area contributed by atoms with E-state index < -0.39 is 0 Å². The summed E-state index contributed by atoms with van der Waals surface area (Å²) >= 11 is 0. The van der Waals surface area contributed by atoms with Gasteiger partial charge >= 0.3 is 0 Å². The van der Waals surface area contributed by atoms with Gasteiger partial charge in [0.25, 0.3) is 0 Å². The van der Waals surface area contributed by atoms with Crippen molar-refractivity contribution in [2.45, 2.75) is 39.7 Å². The van der Waals surface area contributed by atoms with E-state index in [0.717, 1.165) is 24.2 Å². The van der Waals surface area contributed by atoms with E-state index in [9.17, 15) is 0 Å². The first-order valence-electron chi connectivity index (χ1n) is 6.31. The van der Waals surface area contributed by atoms with Crippen LogP contribution in [0.25, 0.3) is 6.08 Å². The molecule has 0 radical (unpaired) electrons. The third-order valence-electron chi connectivity index (χ3n) is 2.47. The van der Waals surface area contributed by atoms with Crippen molar-refractivity contribution >= 4 is 6.08 Å². The van der Waals surface area contributed by atoms with Crippen LogP contribution < -0.4 is 4.74 Å². The van der Waals surface area contributed by atoms with Gasteiger partial charge in [0.2, 0.25) is 0 Å². The molecule has 0 heterocycles. The molecular formula is C15H22O2. The van der Waals surface area contributed by atoms with E-state index >= 15 is 0 Å². The summed E-state index contributed by atoms with van der Waals surface area (Å²) in [6, 6.07) is 7.97. The van der Waals surface area contributed by atoms with Gasteiger partial charge in [-0.05, 0) is 32.4 Å². The van der Waals surface area contributed by atoms with Crippen LogP contribution >= 0.6 is 0 Å². The SMILES string of the molecule is CCCC(C)OC=Cc1ccccc1OCC. The molecule has 1 aromatic carbocycles. The lowest BCUT2D eigenvalue weighted by Gasteiger charge is -2.10. The highest BCUT2D eigenvalue weighted by Crippen LogP contribution is 2.19. The lowest BCUT2D eigenvalue weighted by molar-refractivity contribution is 0.154. The average Bonchev–Trinajstić information content (AvgIpc) is 2.32. The largest absolute Gasteiger partial charge is 0.498 e.